The van der Waals surface area contributed by atoms with E-state index in [0.717, 1.165) is 36.3 Å². The van der Waals surface area contributed by atoms with Gasteiger partial charge in [-0.1, -0.05) is 0 Å². The molecule has 2 saturated carbocycles. The predicted molar refractivity (Wildman–Crippen MR) is 162 cm³/mol. The fourth-order valence-corrected chi connectivity index (χ4v) is 7.33. The van der Waals surface area contributed by atoms with Crippen LogP contribution in [0.25, 0.3) is 17.0 Å². The topological polar surface area (TPSA) is 144 Å². The lowest BCUT2D eigenvalue weighted by Crippen LogP contribution is -2.50. The quantitative estimate of drug-likeness (QED) is 0.307. The van der Waals surface area contributed by atoms with Gasteiger partial charge >= 0.3 is 0 Å². The fraction of sp³-hybridized carbons (Fsp3) is 0.467. The van der Waals surface area contributed by atoms with E-state index in [0.29, 0.717) is 47.0 Å². The lowest BCUT2D eigenvalue weighted by molar-refractivity contribution is 0.151. The van der Waals surface area contributed by atoms with Crippen molar-refractivity contribution in [1.29, 1.82) is 0 Å². The minimum atomic E-state index is -3.54. The Labute approximate surface area is 255 Å². The van der Waals surface area contributed by atoms with Gasteiger partial charge in [-0.15, -0.1) is 0 Å². The zero-order valence-corrected chi connectivity index (χ0v) is 25.5. The minimum absolute atomic E-state index is 0.117. The van der Waals surface area contributed by atoms with Gasteiger partial charge in [0.2, 0.25) is 0 Å². The Kier molecular flexibility index (Phi) is 8.24. The molecule has 0 radical (unpaired) electrons. The monoisotopic (exact) mass is 625 g/mol. The van der Waals surface area contributed by atoms with Gasteiger partial charge in [0, 0.05) is 48.0 Å². The maximum absolute atomic E-state index is 13.6. The van der Waals surface area contributed by atoms with Crippen molar-refractivity contribution in [1.82, 2.24) is 39.7 Å². The lowest BCUT2D eigenvalue weighted by Gasteiger charge is -2.36. The van der Waals surface area contributed by atoms with Crippen molar-refractivity contribution in [2.75, 3.05) is 20.6 Å². The molecule has 1 unspecified atom stereocenters. The fourth-order valence-electron chi connectivity index (χ4n) is 5.86. The highest BCUT2D eigenvalue weighted by Gasteiger charge is 2.38. The van der Waals surface area contributed by atoms with E-state index >= 15 is 0 Å². The number of nitrogens with zero attached hydrogens (tertiary/aromatic N) is 6. The highest BCUT2D eigenvalue weighted by Crippen LogP contribution is 2.34. The summed E-state index contributed by atoms with van der Waals surface area (Å²) in [5, 5.41) is 10.5. The summed E-state index contributed by atoms with van der Waals surface area (Å²) < 4.78 is 53.4. The Morgan fingerprint density at radius 3 is 2.59 bits per heavy atom. The molecule has 44 heavy (non-hydrogen) atoms. The molecular weight excluding hydrogens is 588 g/mol. The van der Waals surface area contributed by atoms with Crippen molar-refractivity contribution in [3.63, 3.8) is 0 Å². The molecule has 0 amide bonds. The first-order chi connectivity index (χ1) is 21.0. The molecule has 0 bridgehead atoms. The molecule has 2 aliphatic carbocycles. The normalized spacial score (nSPS) is 24.2. The molecule has 11 nitrogen and oxygen atoms in total. The second-order valence-corrected chi connectivity index (χ2v) is 14.2. The molecule has 3 aromatic rings. The second kappa shape index (κ2) is 12.0. The van der Waals surface area contributed by atoms with Crippen LogP contribution in [0.15, 0.2) is 61.0 Å². The van der Waals surface area contributed by atoms with Crippen LogP contribution in [0, 0.1) is 5.92 Å². The SMILES string of the molecule is CN(C)CC1CCC(NC2=CC(N)(c3ccnc(-c4cnn(S(=O)(=O)C5CC5)c4)n3)NC=C2c2cc(C(F)F)ccn2)CC1. The van der Waals surface area contributed by atoms with Crippen molar-refractivity contribution in [2.24, 2.45) is 11.7 Å². The van der Waals surface area contributed by atoms with Crippen LogP contribution >= 0.6 is 0 Å². The molecule has 3 aliphatic rings. The zero-order valence-electron chi connectivity index (χ0n) is 24.7. The summed E-state index contributed by atoms with van der Waals surface area (Å²) in [6.45, 7) is 1.04. The van der Waals surface area contributed by atoms with Gasteiger partial charge < -0.3 is 21.3 Å². The van der Waals surface area contributed by atoms with Crippen LogP contribution in [-0.4, -0.2) is 69.4 Å². The Morgan fingerprint density at radius 1 is 1.14 bits per heavy atom. The van der Waals surface area contributed by atoms with Crippen LogP contribution in [0.1, 0.15) is 61.9 Å². The molecular formula is C30H37F2N9O2S. The predicted octanol–water partition coefficient (Wildman–Crippen LogP) is 3.36. The van der Waals surface area contributed by atoms with Crippen molar-refractivity contribution >= 4 is 15.6 Å². The minimum Gasteiger partial charge on any atom is -0.382 e. The Bertz CT molecular complexity index is 1680. The number of hydrogen-bond acceptors (Lipinski definition) is 10. The summed E-state index contributed by atoms with van der Waals surface area (Å²) in [5.41, 5.74) is 8.06. The van der Waals surface area contributed by atoms with Gasteiger partial charge in [-0.05, 0) is 82.8 Å². The lowest BCUT2D eigenvalue weighted by atomic mass is 9.85. The van der Waals surface area contributed by atoms with Gasteiger partial charge in [0.1, 0.15) is 0 Å². The van der Waals surface area contributed by atoms with E-state index in [-0.39, 0.29) is 17.4 Å². The summed E-state index contributed by atoms with van der Waals surface area (Å²) in [5.74, 6) is 0.899. The number of pyridine rings is 1. The third kappa shape index (κ3) is 6.37. The zero-order chi connectivity index (χ0) is 31.1. The maximum atomic E-state index is 13.6. The smallest absolute Gasteiger partial charge is 0.263 e. The van der Waals surface area contributed by atoms with E-state index in [1.807, 2.05) is 0 Å². The number of halogens is 2. The second-order valence-electron chi connectivity index (χ2n) is 12.1. The molecule has 1 atom stereocenters. The average molecular weight is 626 g/mol. The van der Waals surface area contributed by atoms with Crippen LogP contribution in [-0.2, 0) is 15.7 Å². The number of aromatic nitrogens is 5. The summed E-state index contributed by atoms with van der Waals surface area (Å²) in [7, 11) is 0.638. The van der Waals surface area contributed by atoms with E-state index in [2.05, 4.69) is 49.7 Å². The van der Waals surface area contributed by atoms with Crippen molar-refractivity contribution in [3.05, 3.63) is 77.9 Å². The van der Waals surface area contributed by atoms with Gasteiger partial charge in [0.15, 0.2) is 11.5 Å². The number of rotatable bonds is 10. The molecule has 3 aromatic heterocycles. The third-order valence-electron chi connectivity index (χ3n) is 8.36. The number of dihydropyridines is 1. The van der Waals surface area contributed by atoms with Crippen LogP contribution < -0.4 is 16.4 Å². The highest BCUT2D eigenvalue weighted by molar-refractivity contribution is 7.90. The van der Waals surface area contributed by atoms with Crippen molar-refractivity contribution in [2.45, 2.75) is 61.9 Å². The molecule has 4 N–H and O–H groups in total. The number of alkyl halides is 2. The van der Waals surface area contributed by atoms with Crippen LogP contribution in [0.4, 0.5) is 8.78 Å². The average Bonchev–Trinajstić information content (AvgIpc) is 3.75. The van der Waals surface area contributed by atoms with Gasteiger partial charge in [0.25, 0.3) is 16.4 Å². The van der Waals surface area contributed by atoms with Crippen LogP contribution in [0.5, 0.6) is 0 Å². The molecule has 1 aliphatic heterocycles. The molecule has 4 heterocycles. The highest BCUT2D eigenvalue weighted by atomic mass is 32.2. The Morgan fingerprint density at radius 2 is 1.89 bits per heavy atom. The first-order valence-electron chi connectivity index (χ1n) is 14.8. The molecule has 6 rings (SSSR count). The van der Waals surface area contributed by atoms with Gasteiger partial charge in [-0.3, -0.25) is 4.98 Å². The molecule has 2 fully saturated rings. The Hall–Kier alpha value is -3.75. The van der Waals surface area contributed by atoms with E-state index in [1.165, 1.54) is 30.7 Å². The summed E-state index contributed by atoms with van der Waals surface area (Å²) in [4.78, 5) is 15.6. The van der Waals surface area contributed by atoms with Gasteiger partial charge in [0.05, 0.1) is 34.6 Å². The third-order valence-corrected chi connectivity index (χ3v) is 10.4. The van der Waals surface area contributed by atoms with E-state index < -0.39 is 27.4 Å². The molecule has 0 aromatic carbocycles. The molecule has 0 spiro atoms. The number of allylic oxidation sites excluding steroid dienone is 1. The number of nitrogens with one attached hydrogen (secondary N) is 2. The van der Waals surface area contributed by atoms with E-state index in [1.54, 1.807) is 24.5 Å². The first-order valence-corrected chi connectivity index (χ1v) is 16.3. The summed E-state index contributed by atoms with van der Waals surface area (Å²) >= 11 is 0. The van der Waals surface area contributed by atoms with E-state index in [9.17, 15) is 17.2 Å². The van der Waals surface area contributed by atoms with Crippen LogP contribution in [0.2, 0.25) is 0 Å². The van der Waals surface area contributed by atoms with Gasteiger partial charge in [-0.25, -0.2) is 27.2 Å². The largest absolute Gasteiger partial charge is 0.382 e. The first kappa shape index (κ1) is 30.3. The van der Waals surface area contributed by atoms with Crippen molar-refractivity contribution < 1.29 is 17.2 Å². The summed E-state index contributed by atoms with van der Waals surface area (Å²) in [6.07, 6.45) is 12.0. The van der Waals surface area contributed by atoms with Crippen molar-refractivity contribution in [3.8, 4) is 11.4 Å². The van der Waals surface area contributed by atoms with E-state index in [4.69, 9.17) is 5.73 Å². The number of nitrogens with two attached hydrogens (primary N) is 1. The Balaban J connectivity index is 1.30. The molecule has 234 valence electrons. The molecule has 14 heteroatoms. The maximum Gasteiger partial charge on any atom is 0.263 e. The van der Waals surface area contributed by atoms with Crippen LogP contribution in [0.3, 0.4) is 0 Å². The number of hydrogen-bond donors (Lipinski definition) is 3. The standard InChI is InChI=1S/C30H37F2N9O2S/c1-40(2)17-19-3-5-22(6-4-19)38-26-14-30(33,36-16-24(26)25-13-20(28(31)32)9-11-34-25)27-10-12-35-29(39-27)21-15-37-41(18-21)44(42,43)23-7-8-23/h9-16,18-19,22-23,28,36,38H,3-8,17,33H2,1-2H3. The summed E-state index contributed by atoms with van der Waals surface area (Å²) in [6, 6.07) is 4.55. The molecule has 0 saturated heterocycles. The van der Waals surface area contributed by atoms with Gasteiger partial charge in [-0.2, -0.15) is 9.19 Å².